The number of hydrogen-bond acceptors (Lipinski definition) is 4. The zero-order chi connectivity index (χ0) is 15.4. The molecule has 0 fully saturated rings. The molecule has 0 aliphatic rings. The summed E-state index contributed by atoms with van der Waals surface area (Å²) in [4.78, 5) is 13.1. The van der Waals surface area contributed by atoms with E-state index in [1.54, 1.807) is 6.20 Å². The molecular formula is C15H17Cl2N3O. The van der Waals surface area contributed by atoms with Gasteiger partial charge in [0.1, 0.15) is 18.2 Å². The second kappa shape index (κ2) is 7.05. The summed E-state index contributed by atoms with van der Waals surface area (Å²) in [6.07, 6.45) is 2.27. The van der Waals surface area contributed by atoms with E-state index in [1.165, 1.54) is 0 Å². The lowest BCUT2D eigenvalue weighted by Crippen LogP contribution is -2.06. The predicted molar refractivity (Wildman–Crippen MR) is 84.5 cm³/mol. The average molecular weight is 326 g/mol. The van der Waals surface area contributed by atoms with E-state index in [1.807, 2.05) is 26.8 Å². The maximum absolute atomic E-state index is 6.29. The Morgan fingerprint density at radius 2 is 1.90 bits per heavy atom. The third kappa shape index (κ3) is 3.83. The molecule has 0 spiro atoms. The van der Waals surface area contributed by atoms with Crippen molar-refractivity contribution >= 4 is 23.2 Å². The van der Waals surface area contributed by atoms with Crippen molar-refractivity contribution in [3.63, 3.8) is 0 Å². The summed E-state index contributed by atoms with van der Waals surface area (Å²) >= 11 is 11.9. The zero-order valence-electron chi connectivity index (χ0n) is 12.3. The molecule has 21 heavy (non-hydrogen) atoms. The number of nitrogens with zero attached hydrogens (tertiary/aromatic N) is 3. The summed E-state index contributed by atoms with van der Waals surface area (Å²) in [5.74, 6) is 1.95. The van der Waals surface area contributed by atoms with E-state index in [2.05, 4.69) is 15.0 Å². The van der Waals surface area contributed by atoms with Gasteiger partial charge in [-0.25, -0.2) is 9.97 Å². The van der Waals surface area contributed by atoms with E-state index in [0.29, 0.717) is 29.8 Å². The van der Waals surface area contributed by atoms with Crippen molar-refractivity contribution in [2.45, 2.75) is 27.2 Å². The third-order valence-corrected chi connectivity index (χ3v) is 3.77. The van der Waals surface area contributed by atoms with Crippen molar-refractivity contribution in [1.29, 1.82) is 0 Å². The molecule has 2 aromatic heterocycles. The Morgan fingerprint density at radius 3 is 2.62 bits per heavy atom. The highest BCUT2D eigenvalue weighted by Crippen LogP contribution is 2.25. The Labute approximate surface area is 134 Å². The first-order chi connectivity index (χ1) is 10.0. The summed E-state index contributed by atoms with van der Waals surface area (Å²) in [5.41, 5.74) is 3.44. The molecule has 2 aromatic rings. The van der Waals surface area contributed by atoms with Gasteiger partial charge in [-0.05, 0) is 26.8 Å². The second-order valence-electron chi connectivity index (χ2n) is 4.71. The molecular weight excluding hydrogens is 309 g/mol. The van der Waals surface area contributed by atoms with Crippen molar-refractivity contribution in [3.8, 4) is 5.75 Å². The van der Waals surface area contributed by atoms with Crippen LogP contribution < -0.4 is 4.74 Å². The van der Waals surface area contributed by atoms with E-state index in [4.69, 9.17) is 27.9 Å². The van der Waals surface area contributed by atoms with Crippen molar-refractivity contribution < 1.29 is 4.74 Å². The molecule has 112 valence electrons. The van der Waals surface area contributed by atoms with Gasteiger partial charge < -0.3 is 4.74 Å². The predicted octanol–water partition coefficient (Wildman–Crippen LogP) is 3.66. The van der Waals surface area contributed by atoms with Crippen molar-refractivity contribution in [3.05, 3.63) is 45.8 Å². The van der Waals surface area contributed by atoms with Crippen LogP contribution in [-0.4, -0.2) is 27.4 Å². The lowest BCUT2D eigenvalue weighted by atomic mass is 10.1. The van der Waals surface area contributed by atoms with Gasteiger partial charge in [-0.1, -0.05) is 11.6 Å². The van der Waals surface area contributed by atoms with E-state index >= 15 is 0 Å². The molecule has 0 amide bonds. The number of halogens is 2. The number of ether oxygens (including phenoxy) is 1. The van der Waals surface area contributed by atoms with Crippen LogP contribution in [0.15, 0.2) is 12.3 Å². The molecule has 4 nitrogen and oxygen atoms in total. The second-order valence-corrected chi connectivity index (χ2v) is 5.47. The highest BCUT2D eigenvalue weighted by Gasteiger charge is 2.13. The van der Waals surface area contributed by atoms with Gasteiger partial charge in [0.25, 0.3) is 0 Å². The minimum Gasteiger partial charge on any atom is -0.492 e. The highest BCUT2D eigenvalue weighted by molar-refractivity contribution is 6.31. The molecule has 0 N–H and O–H groups in total. The van der Waals surface area contributed by atoms with Gasteiger partial charge in [0.05, 0.1) is 28.0 Å². The molecule has 0 bridgehead atoms. The molecule has 0 saturated heterocycles. The molecule has 0 aliphatic heterocycles. The standard InChI is InChI=1S/C15H17Cl2N3O/c1-9-12(18-6-4-14(9)21-7-5-16)8-13-15(17)10(2)19-11(3)20-13/h4,6H,5,7-8H2,1-3H3. The average Bonchev–Trinajstić information content (AvgIpc) is 2.45. The smallest absolute Gasteiger partial charge is 0.125 e. The molecule has 0 atom stereocenters. The molecule has 0 aliphatic carbocycles. The largest absolute Gasteiger partial charge is 0.492 e. The Morgan fingerprint density at radius 1 is 1.14 bits per heavy atom. The summed E-state index contributed by atoms with van der Waals surface area (Å²) in [7, 11) is 0. The van der Waals surface area contributed by atoms with Crippen LogP contribution >= 0.6 is 23.2 Å². The van der Waals surface area contributed by atoms with Crippen LogP contribution in [0.25, 0.3) is 0 Å². The molecule has 0 radical (unpaired) electrons. The first kappa shape index (κ1) is 16.0. The van der Waals surface area contributed by atoms with Crippen molar-refractivity contribution in [2.24, 2.45) is 0 Å². The fourth-order valence-corrected chi connectivity index (χ4v) is 2.32. The van der Waals surface area contributed by atoms with Gasteiger partial charge in [-0.3, -0.25) is 4.98 Å². The van der Waals surface area contributed by atoms with E-state index in [0.717, 1.165) is 28.4 Å². The SMILES string of the molecule is Cc1nc(C)c(Cl)c(Cc2nccc(OCCCl)c2C)n1. The number of aryl methyl sites for hydroxylation is 2. The number of rotatable bonds is 5. The van der Waals surface area contributed by atoms with E-state index in [-0.39, 0.29) is 0 Å². The van der Waals surface area contributed by atoms with Crippen LogP contribution in [0.2, 0.25) is 5.02 Å². The van der Waals surface area contributed by atoms with Crippen LogP contribution in [0, 0.1) is 20.8 Å². The van der Waals surface area contributed by atoms with Crippen LogP contribution in [-0.2, 0) is 6.42 Å². The maximum Gasteiger partial charge on any atom is 0.125 e. The fourth-order valence-electron chi connectivity index (χ4n) is 2.09. The monoisotopic (exact) mass is 325 g/mol. The van der Waals surface area contributed by atoms with Crippen LogP contribution in [0.4, 0.5) is 0 Å². The lowest BCUT2D eigenvalue weighted by Gasteiger charge is -2.12. The third-order valence-electron chi connectivity index (χ3n) is 3.13. The molecule has 2 rings (SSSR count). The topological polar surface area (TPSA) is 47.9 Å². The fraction of sp³-hybridized carbons (Fsp3) is 0.400. The van der Waals surface area contributed by atoms with Gasteiger partial charge in [0, 0.05) is 18.2 Å². The normalized spacial score (nSPS) is 10.7. The van der Waals surface area contributed by atoms with Crippen molar-refractivity contribution in [1.82, 2.24) is 15.0 Å². The summed E-state index contributed by atoms with van der Waals surface area (Å²) < 4.78 is 5.60. The zero-order valence-corrected chi connectivity index (χ0v) is 13.8. The van der Waals surface area contributed by atoms with Gasteiger partial charge >= 0.3 is 0 Å². The van der Waals surface area contributed by atoms with Crippen LogP contribution in [0.3, 0.4) is 0 Å². The lowest BCUT2D eigenvalue weighted by molar-refractivity contribution is 0.339. The number of hydrogen-bond donors (Lipinski definition) is 0. The Balaban J connectivity index is 2.32. The molecule has 6 heteroatoms. The Bertz CT molecular complexity index is 647. The van der Waals surface area contributed by atoms with Gasteiger partial charge in [-0.2, -0.15) is 0 Å². The molecule has 0 unspecified atom stereocenters. The number of alkyl halides is 1. The first-order valence-electron chi connectivity index (χ1n) is 6.65. The highest BCUT2D eigenvalue weighted by atomic mass is 35.5. The molecule has 0 saturated carbocycles. The summed E-state index contributed by atoms with van der Waals surface area (Å²) in [6.45, 7) is 6.17. The Kier molecular flexibility index (Phi) is 5.37. The minimum atomic E-state index is 0.452. The summed E-state index contributed by atoms with van der Waals surface area (Å²) in [5, 5.41) is 0.592. The minimum absolute atomic E-state index is 0.452. The van der Waals surface area contributed by atoms with E-state index in [9.17, 15) is 0 Å². The quantitative estimate of drug-likeness (QED) is 0.787. The van der Waals surface area contributed by atoms with Crippen molar-refractivity contribution in [2.75, 3.05) is 12.5 Å². The number of pyridine rings is 1. The van der Waals surface area contributed by atoms with Crippen LogP contribution in [0.5, 0.6) is 5.75 Å². The molecule has 2 heterocycles. The number of aromatic nitrogens is 3. The van der Waals surface area contributed by atoms with Crippen LogP contribution in [0.1, 0.15) is 28.5 Å². The van der Waals surface area contributed by atoms with Gasteiger partial charge in [-0.15, -0.1) is 11.6 Å². The summed E-state index contributed by atoms with van der Waals surface area (Å²) in [6, 6.07) is 1.84. The van der Waals surface area contributed by atoms with Gasteiger partial charge in [0.2, 0.25) is 0 Å². The molecule has 0 aromatic carbocycles. The van der Waals surface area contributed by atoms with E-state index < -0.39 is 0 Å². The Hall–Kier alpha value is -1.39. The van der Waals surface area contributed by atoms with Gasteiger partial charge in [0.15, 0.2) is 0 Å². The first-order valence-corrected chi connectivity index (χ1v) is 7.57. The maximum atomic E-state index is 6.29.